The van der Waals surface area contributed by atoms with E-state index in [0.29, 0.717) is 18.2 Å². The quantitative estimate of drug-likeness (QED) is 0.682. The fourth-order valence-electron chi connectivity index (χ4n) is 2.08. The SMILES string of the molecule is CN(C)c1ccc(CN=C(N)N2CCSCC2)cc1F. The van der Waals surface area contributed by atoms with E-state index in [1.54, 1.807) is 11.0 Å². The van der Waals surface area contributed by atoms with E-state index in [-0.39, 0.29) is 5.82 Å². The number of nitrogens with zero attached hydrogens (tertiary/aromatic N) is 3. The Balaban J connectivity index is 2.01. The van der Waals surface area contributed by atoms with Crippen LogP contribution >= 0.6 is 11.8 Å². The second-order valence-corrected chi connectivity index (χ2v) is 6.18. The summed E-state index contributed by atoms with van der Waals surface area (Å²) in [7, 11) is 3.64. The third kappa shape index (κ3) is 3.79. The summed E-state index contributed by atoms with van der Waals surface area (Å²) in [5.41, 5.74) is 7.39. The van der Waals surface area contributed by atoms with E-state index in [4.69, 9.17) is 5.73 Å². The van der Waals surface area contributed by atoms with Gasteiger partial charge in [-0.1, -0.05) is 6.07 Å². The maximum absolute atomic E-state index is 13.8. The molecule has 2 N–H and O–H groups in total. The molecule has 1 saturated heterocycles. The molecule has 0 spiro atoms. The summed E-state index contributed by atoms with van der Waals surface area (Å²) in [4.78, 5) is 8.20. The molecule has 1 aliphatic rings. The number of halogens is 1. The molecule has 4 nitrogen and oxygen atoms in total. The number of benzene rings is 1. The first-order valence-electron chi connectivity index (χ1n) is 6.66. The summed E-state index contributed by atoms with van der Waals surface area (Å²) >= 11 is 1.93. The van der Waals surface area contributed by atoms with Crippen molar-refractivity contribution in [3.8, 4) is 0 Å². The van der Waals surface area contributed by atoms with E-state index >= 15 is 0 Å². The van der Waals surface area contributed by atoms with Crippen LogP contribution in [0.1, 0.15) is 5.56 Å². The average Bonchev–Trinajstić information content (AvgIpc) is 2.45. The zero-order chi connectivity index (χ0) is 14.5. The normalized spacial score (nSPS) is 16.4. The highest BCUT2D eigenvalue weighted by atomic mass is 32.2. The lowest BCUT2D eigenvalue weighted by Gasteiger charge is -2.27. The number of rotatable bonds is 3. The second-order valence-electron chi connectivity index (χ2n) is 4.95. The zero-order valence-electron chi connectivity index (χ0n) is 12.0. The van der Waals surface area contributed by atoms with Crippen LogP contribution in [0.4, 0.5) is 10.1 Å². The number of hydrogen-bond donors (Lipinski definition) is 1. The second kappa shape index (κ2) is 6.83. The molecule has 0 atom stereocenters. The van der Waals surface area contributed by atoms with Gasteiger partial charge >= 0.3 is 0 Å². The van der Waals surface area contributed by atoms with Crippen molar-refractivity contribution in [3.63, 3.8) is 0 Å². The molecule has 6 heteroatoms. The molecule has 0 amide bonds. The topological polar surface area (TPSA) is 44.9 Å². The minimum absolute atomic E-state index is 0.226. The van der Waals surface area contributed by atoms with Crippen LogP contribution < -0.4 is 10.6 Å². The molecule has 0 unspecified atom stereocenters. The monoisotopic (exact) mass is 296 g/mol. The number of hydrogen-bond acceptors (Lipinski definition) is 3. The van der Waals surface area contributed by atoms with Crippen molar-refractivity contribution in [2.24, 2.45) is 10.7 Å². The van der Waals surface area contributed by atoms with Gasteiger partial charge < -0.3 is 15.5 Å². The Morgan fingerprint density at radius 2 is 2.10 bits per heavy atom. The third-order valence-corrected chi connectivity index (χ3v) is 4.20. The summed E-state index contributed by atoms with van der Waals surface area (Å²) in [5.74, 6) is 2.50. The lowest BCUT2D eigenvalue weighted by Crippen LogP contribution is -2.42. The van der Waals surface area contributed by atoms with Gasteiger partial charge in [-0.25, -0.2) is 9.38 Å². The minimum atomic E-state index is -0.226. The van der Waals surface area contributed by atoms with Crippen molar-refractivity contribution in [1.82, 2.24) is 4.90 Å². The molecule has 20 heavy (non-hydrogen) atoms. The van der Waals surface area contributed by atoms with Gasteiger partial charge in [0.05, 0.1) is 12.2 Å². The van der Waals surface area contributed by atoms with Gasteiger partial charge in [-0.05, 0) is 17.7 Å². The smallest absolute Gasteiger partial charge is 0.191 e. The Kier molecular flexibility index (Phi) is 5.11. The highest BCUT2D eigenvalue weighted by Crippen LogP contribution is 2.18. The summed E-state index contributed by atoms with van der Waals surface area (Å²) in [6, 6.07) is 5.19. The van der Waals surface area contributed by atoms with Gasteiger partial charge in [0.2, 0.25) is 0 Å². The van der Waals surface area contributed by atoms with Gasteiger partial charge in [-0.3, -0.25) is 0 Å². The van der Waals surface area contributed by atoms with Crippen molar-refractivity contribution in [3.05, 3.63) is 29.6 Å². The fraction of sp³-hybridized carbons (Fsp3) is 0.500. The lowest BCUT2D eigenvalue weighted by molar-refractivity contribution is 0.455. The Morgan fingerprint density at radius 3 is 2.70 bits per heavy atom. The standard InChI is InChI=1S/C14H21FN4S/c1-18(2)13-4-3-11(9-12(13)15)10-17-14(16)19-5-7-20-8-6-19/h3-4,9H,5-8,10H2,1-2H3,(H2,16,17). The average molecular weight is 296 g/mol. The summed E-state index contributed by atoms with van der Waals surface area (Å²) in [6.45, 7) is 2.29. The molecular weight excluding hydrogens is 275 g/mol. The van der Waals surface area contributed by atoms with Crippen LogP contribution in [0.25, 0.3) is 0 Å². The van der Waals surface area contributed by atoms with Crippen molar-refractivity contribution >= 4 is 23.4 Å². The highest BCUT2D eigenvalue weighted by Gasteiger charge is 2.12. The first-order valence-corrected chi connectivity index (χ1v) is 7.82. The van der Waals surface area contributed by atoms with Gasteiger partial charge in [0.25, 0.3) is 0 Å². The maximum atomic E-state index is 13.8. The first kappa shape index (κ1) is 15.0. The van der Waals surface area contributed by atoms with Crippen LogP contribution in [0.2, 0.25) is 0 Å². The molecule has 0 aliphatic carbocycles. The molecule has 0 saturated carbocycles. The number of thioether (sulfide) groups is 1. The van der Waals surface area contributed by atoms with E-state index in [0.717, 1.165) is 30.2 Å². The molecule has 0 aromatic heterocycles. The van der Waals surface area contributed by atoms with Gasteiger partial charge in [0.15, 0.2) is 5.96 Å². The number of anilines is 1. The van der Waals surface area contributed by atoms with Crippen LogP contribution in [0.15, 0.2) is 23.2 Å². The molecule has 110 valence electrons. The molecule has 0 bridgehead atoms. The van der Waals surface area contributed by atoms with Crippen LogP contribution in [0, 0.1) is 5.82 Å². The third-order valence-electron chi connectivity index (χ3n) is 3.25. The van der Waals surface area contributed by atoms with E-state index in [1.807, 2.05) is 31.9 Å². The molecule has 0 radical (unpaired) electrons. The summed E-state index contributed by atoms with van der Waals surface area (Å²) in [6.07, 6.45) is 0. The largest absolute Gasteiger partial charge is 0.375 e. The van der Waals surface area contributed by atoms with Gasteiger partial charge in [0.1, 0.15) is 5.82 Å². The van der Waals surface area contributed by atoms with E-state index in [9.17, 15) is 4.39 Å². The molecule has 1 fully saturated rings. The zero-order valence-corrected chi connectivity index (χ0v) is 12.8. The predicted molar refractivity (Wildman–Crippen MR) is 85.0 cm³/mol. The molecule has 1 heterocycles. The van der Waals surface area contributed by atoms with Crippen molar-refractivity contribution in [2.75, 3.05) is 43.6 Å². The van der Waals surface area contributed by atoms with Gasteiger partial charge in [-0.2, -0.15) is 11.8 Å². The minimum Gasteiger partial charge on any atom is -0.375 e. The Bertz CT molecular complexity index is 484. The maximum Gasteiger partial charge on any atom is 0.191 e. The van der Waals surface area contributed by atoms with Crippen molar-refractivity contribution < 1.29 is 4.39 Å². The number of aliphatic imine (C=N–C) groups is 1. The summed E-state index contributed by atoms with van der Waals surface area (Å²) in [5, 5.41) is 0. The Morgan fingerprint density at radius 1 is 1.40 bits per heavy atom. The number of nitrogens with two attached hydrogens (primary N) is 1. The number of guanidine groups is 1. The summed E-state index contributed by atoms with van der Waals surface area (Å²) < 4.78 is 13.8. The van der Waals surface area contributed by atoms with E-state index in [2.05, 4.69) is 9.89 Å². The van der Waals surface area contributed by atoms with E-state index in [1.165, 1.54) is 6.07 Å². The molecule has 2 rings (SSSR count). The molecule has 1 aliphatic heterocycles. The molecule has 1 aromatic rings. The van der Waals surface area contributed by atoms with Crippen LogP contribution in [-0.2, 0) is 6.54 Å². The highest BCUT2D eigenvalue weighted by molar-refractivity contribution is 7.99. The van der Waals surface area contributed by atoms with Gasteiger partial charge in [-0.15, -0.1) is 0 Å². The predicted octanol–water partition coefficient (Wildman–Crippen LogP) is 1.76. The van der Waals surface area contributed by atoms with Crippen molar-refractivity contribution in [1.29, 1.82) is 0 Å². The Labute approximate surface area is 123 Å². The van der Waals surface area contributed by atoms with E-state index < -0.39 is 0 Å². The van der Waals surface area contributed by atoms with Crippen molar-refractivity contribution in [2.45, 2.75) is 6.54 Å². The fourth-order valence-corrected chi connectivity index (χ4v) is 2.98. The van der Waals surface area contributed by atoms with Gasteiger partial charge in [0, 0.05) is 38.7 Å². The Hall–Kier alpha value is -1.43. The molecular formula is C14H21FN4S. The lowest BCUT2D eigenvalue weighted by atomic mass is 10.2. The van der Waals surface area contributed by atoms with Crippen LogP contribution in [0.5, 0.6) is 0 Å². The first-order chi connectivity index (χ1) is 9.58. The van der Waals surface area contributed by atoms with Crippen LogP contribution in [-0.4, -0.2) is 49.6 Å². The molecule has 1 aromatic carbocycles. The van der Waals surface area contributed by atoms with Crippen LogP contribution in [0.3, 0.4) is 0 Å².